The third-order valence-corrected chi connectivity index (χ3v) is 0. The summed E-state index contributed by atoms with van der Waals surface area (Å²) in [5.41, 5.74) is 0. The number of aliphatic hydroxyl groups excluding tert-OH is 1. The van der Waals surface area contributed by atoms with Gasteiger partial charge < -0.3 is 25.6 Å². The molecule has 6 heteroatoms. The first kappa shape index (κ1) is 23.7. The minimum Gasteiger partial charge on any atom is -0.652 e. The summed E-state index contributed by atoms with van der Waals surface area (Å²) in [5, 5.41) is 23.7. The van der Waals surface area contributed by atoms with Crippen LogP contribution in [0.1, 0.15) is 0 Å². The van der Waals surface area contributed by atoms with Crippen molar-refractivity contribution in [1.29, 1.82) is 0 Å². The average molecular weight is 150 g/mol. The maximum Gasteiger partial charge on any atom is 2.00 e. The summed E-state index contributed by atoms with van der Waals surface area (Å²) in [4.78, 5) is 8.33. The molecule has 0 unspecified atom stereocenters. The van der Waals surface area contributed by atoms with Crippen LogP contribution in [-0.4, -0.2) is 61.6 Å². The summed E-state index contributed by atoms with van der Waals surface area (Å²) < 4.78 is 0. The minimum absolute atomic E-state index is 0. The largest absolute Gasteiger partial charge is 2.00 e. The zero-order chi connectivity index (χ0) is 5.58. The maximum absolute atomic E-state index is 8.33. The molecule has 0 fully saturated rings. The Hall–Kier alpha value is 0.450. The molecule has 0 saturated heterocycles. The normalized spacial score (nSPS) is 3.75. The molecular formula is C2H6CaO5. The molecular weight excluding hydrogens is 144 g/mol. The monoisotopic (exact) mass is 150 g/mol. The molecule has 0 radical (unpaired) electrons. The van der Waals surface area contributed by atoms with Gasteiger partial charge in [0.15, 0.2) is 0 Å². The van der Waals surface area contributed by atoms with E-state index in [2.05, 4.69) is 0 Å². The van der Waals surface area contributed by atoms with Gasteiger partial charge in [0.25, 0.3) is 0 Å². The van der Waals surface area contributed by atoms with Crippen molar-refractivity contribution in [2.75, 3.05) is 7.11 Å². The fourth-order valence-electron chi connectivity index (χ4n) is 0. The molecule has 0 aliphatic heterocycles. The second-order valence-corrected chi connectivity index (χ2v) is 0.250. The predicted molar refractivity (Wildman–Crippen MR) is 22.9 cm³/mol. The van der Waals surface area contributed by atoms with Gasteiger partial charge in [0.2, 0.25) is 0 Å². The Balaban J connectivity index is -0.0000000183. The molecule has 46 valence electrons. The number of hydrogen-bond donors (Lipinski definition) is 1. The Morgan fingerprint density at radius 1 is 1.38 bits per heavy atom. The van der Waals surface area contributed by atoms with Crippen LogP contribution in [0.25, 0.3) is 0 Å². The molecule has 0 aliphatic rings. The van der Waals surface area contributed by atoms with Crippen molar-refractivity contribution < 1.29 is 25.6 Å². The van der Waals surface area contributed by atoms with Crippen molar-refractivity contribution in [1.82, 2.24) is 0 Å². The Bertz CT molecular complexity index is 33.4. The van der Waals surface area contributed by atoms with Gasteiger partial charge in [-0.25, -0.2) is 0 Å². The van der Waals surface area contributed by atoms with Crippen LogP contribution in [-0.2, 0) is 0 Å². The molecule has 0 aliphatic carbocycles. The first-order chi connectivity index (χ1) is 2.73. The van der Waals surface area contributed by atoms with E-state index >= 15 is 0 Å². The summed E-state index contributed by atoms with van der Waals surface area (Å²) >= 11 is 0. The van der Waals surface area contributed by atoms with E-state index < -0.39 is 6.16 Å². The van der Waals surface area contributed by atoms with E-state index in [9.17, 15) is 0 Å². The van der Waals surface area contributed by atoms with Crippen LogP contribution in [0.5, 0.6) is 0 Å². The first-order valence-electron chi connectivity index (χ1n) is 1.06. The Kier molecular flexibility index (Phi) is 77.1. The van der Waals surface area contributed by atoms with Crippen LogP contribution in [0.3, 0.4) is 0 Å². The van der Waals surface area contributed by atoms with Crippen LogP contribution in [0, 0.1) is 0 Å². The van der Waals surface area contributed by atoms with Crippen molar-refractivity contribution in [3.63, 3.8) is 0 Å². The number of carbonyl (C=O) groups is 1. The number of hydrogen-bond acceptors (Lipinski definition) is 4. The summed E-state index contributed by atoms with van der Waals surface area (Å²) in [6.07, 6.45) is -2.33. The number of rotatable bonds is 0. The predicted octanol–water partition coefficient (Wildman–Crippen LogP) is -4.04. The van der Waals surface area contributed by atoms with Crippen molar-refractivity contribution in [2.45, 2.75) is 0 Å². The molecule has 8 heavy (non-hydrogen) atoms. The topological polar surface area (TPSA) is 115 Å². The van der Waals surface area contributed by atoms with Crippen molar-refractivity contribution in [3.05, 3.63) is 0 Å². The van der Waals surface area contributed by atoms with Crippen molar-refractivity contribution >= 4 is 43.9 Å². The van der Waals surface area contributed by atoms with Crippen LogP contribution in [0.15, 0.2) is 0 Å². The number of aliphatic hydroxyl groups is 1. The molecule has 0 aromatic carbocycles. The van der Waals surface area contributed by atoms with E-state index in [0.717, 1.165) is 7.11 Å². The quantitative estimate of drug-likeness (QED) is 0.354. The third kappa shape index (κ3) is 947. The molecule has 0 amide bonds. The molecule has 0 aromatic heterocycles. The molecule has 0 rings (SSSR count). The second kappa shape index (κ2) is 26.0. The maximum atomic E-state index is 8.33. The van der Waals surface area contributed by atoms with E-state index in [0.29, 0.717) is 0 Å². The molecule has 0 spiro atoms. The summed E-state index contributed by atoms with van der Waals surface area (Å²) in [7, 11) is 1.00. The zero-order valence-electron chi connectivity index (χ0n) is 4.38. The Labute approximate surface area is 76.3 Å². The summed E-state index contributed by atoms with van der Waals surface area (Å²) in [6.45, 7) is 0. The molecule has 0 aromatic rings. The van der Waals surface area contributed by atoms with E-state index in [-0.39, 0.29) is 43.2 Å². The van der Waals surface area contributed by atoms with Crippen molar-refractivity contribution in [2.24, 2.45) is 0 Å². The SMILES string of the molecule is CO.O.O=C([O-])[O-].[Ca+2]. The Morgan fingerprint density at radius 2 is 1.38 bits per heavy atom. The molecule has 5 nitrogen and oxygen atoms in total. The van der Waals surface area contributed by atoms with Crippen LogP contribution in [0.4, 0.5) is 4.79 Å². The smallest absolute Gasteiger partial charge is 0.652 e. The van der Waals surface area contributed by atoms with Gasteiger partial charge in [0.1, 0.15) is 0 Å². The zero-order valence-corrected chi connectivity index (χ0v) is 6.59. The van der Waals surface area contributed by atoms with Gasteiger partial charge in [-0.3, -0.25) is 0 Å². The van der Waals surface area contributed by atoms with E-state index in [1.165, 1.54) is 0 Å². The molecule has 3 N–H and O–H groups in total. The number of carboxylic acid groups (broad SMARTS) is 2. The number of carbonyl (C=O) groups excluding carboxylic acids is 1. The Morgan fingerprint density at radius 3 is 1.38 bits per heavy atom. The van der Waals surface area contributed by atoms with E-state index in [1.54, 1.807) is 0 Å². The van der Waals surface area contributed by atoms with E-state index in [1.807, 2.05) is 0 Å². The van der Waals surface area contributed by atoms with Gasteiger partial charge in [-0.1, -0.05) is 0 Å². The second-order valence-electron chi connectivity index (χ2n) is 0.250. The van der Waals surface area contributed by atoms with Gasteiger partial charge in [0.05, 0.1) is 0 Å². The first-order valence-corrected chi connectivity index (χ1v) is 1.06. The van der Waals surface area contributed by atoms with Crippen molar-refractivity contribution in [3.8, 4) is 0 Å². The van der Waals surface area contributed by atoms with Crippen LogP contribution >= 0.6 is 0 Å². The average Bonchev–Trinajstić information content (AvgIpc) is 1.41. The van der Waals surface area contributed by atoms with E-state index in [4.69, 9.17) is 20.1 Å². The summed E-state index contributed by atoms with van der Waals surface area (Å²) in [5.74, 6) is 0. The van der Waals surface area contributed by atoms with Gasteiger partial charge >= 0.3 is 37.7 Å². The van der Waals surface area contributed by atoms with Crippen LogP contribution in [0.2, 0.25) is 0 Å². The van der Waals surface area contributed by atoms with Gasteiger partial charge in [0, 0.05) is 7.11 Å². The standard InChI is InChI=1S/CH2O3.CH4O.Ca.H2O/c2-1(3)4;1-2;;/h(H2,2,3,4);2H,1H3;;1H2/q;;+2;/p-2. The molecule has 0 atom stereocenters. The van der Waals surface area contributed by atoms with Gasteiger partial charge in [-0.2, -0.15) is 0 Å². The molecule has 0 bridgehead atoms. The molecule has 0 saturated carbocycles. The summed E-state index contributed by atoms with van der Waals surface area (Å²) in [6, 6.07) is 0. The molecule has 0 heterocycles. The third-order valence-electron chi connectivity index (χ3n) is 0. The fourth-order valence-corrected chi connectivity index (χ4v) is 0. The fraction of sp³-hybridized carbons (Fsp3) is 0.500. The van der Waals surface area contributed by atoms with Gasteiger partial charge in [-0.05, 0) is 6.16 Å². The van der Waals surface area contributed by atoms with Crippen LogP contribution < -0.4 is 10.2 Å². The van der Waals surface area contributed by atoms with Gasteiger partial charge in [-0.15, -0.1) is 0 Å². The minimum atomic E-state index is -2.33.